The second-order valence-electron chi connectivity index (χ2n) is 3.37. The highest BCUT2D eigenvalue weighted by molar-refractivity contribution is 5.51. The first-order valence-corrected chi connectivity index (χ1v) is 4.76. The topological polar surface area (TPSA) is 112 Å². The van der Waals surface area contributed by atoms with Crippen LogP contribution in [0, 0.1) is 17.0 Å². The van der Waals surface area contributed by atoms with Gasteiger partial charge in [0.1, 0.15) is 0 Å². The number of aromatic nitrogens is 4. The average Bonchev–Trinajstić information content (AvgIpc) is 2.82. The van der Waals surface area contributed by atoms with Crippen molar-refractivity contribution in [2.24, 2.45) is 7.05 Å². The minimum Gasteiger partial charge on any atom is -0.358 e. The van der Waals surface area contributed by atoms with Crippen LogP contribution in [0.4, 0.5) is 11.6 Å². The lowest BCUT2D eigenvalue weighted by molar-refractivity contribution is -0.388. The van der Waals surface area contributed by atoms with E-state index in [0.29, 0.717) is 17.5 Å². The molecule has 0 unspecified atom stereocenters. The van der Waals surface area contributed by atoms with Crippen LogP contribution in [0.5, 0.6) is 0 Å². The van der Waals surface area contributed by atoms with Crippen LogP contribution in [0.15, 0.2) is 10.9 Å². The standard InChI is InChI=1S/C8H10N6O3/c1-5-11-6(17-12-5)3-9-7-8(14(15)16)10-4-13(7)2/h4,9H,3H2,1-2H3. The summed E-state index contributed by atoms with van der Waals surface area (Å²) in [6, 6.07) is 0. The molecular weight excluding hydrogens is 228 g/mol. The number of hydrogen-bond donors (Lipinski definition) is 1. The van der Waals surface area contributed by atoms with Crippen LogP contribution < -0.4 is 5.32 Å². The number of imidazole rings is 1. The number of nitro groups is 1. The normalized spacial score (nSPS) is 10.5. The Kier molecular flexibility index (Phi) is 2.73. The van der Waals surface area contributed by atoms with E-state index in [-0.39, 0.29) is 12.4 Å². The summed E-state index contributed by atoms with van der Waals surface area (Å²) in [5, 5.41) is 17.1. The van der Waals surface area contributed by atoms with Crippen molar-refractivity contribution in [3.05, 3.63) is 28.2 Å². The van der Waals surface area contributed by atoms with Crippen molar-refractivity contribution in [3.8, 4) is 0 Å². The van der Waals surface area contributed by atoms with Crippen LogP contribution in [-0.2, 0) is 13.6 Å². The van der Waals surface area contributed by atoms with Crippen molar-refractivity contribution >= 4 is 11.6 Å². The Hall–Kier alpha value is -2.45. The SMILES string of the molecule is Cc1noc(CNc2c([N+](=O)[O-])ncn2C)n1. The van der Waals surface area contributed by atoms with Gasteiger partial charge < -0.3 is 20.0 Å². The van der Waals surface area contributed by atoms with E-state index in [1.165, 1.54) is 10.9 Å². The van der Waals surface area contributed by atoms with Crippen LogP contribution in [0.25, 0.3) is 0 Å². The Morgan fingerprint density at radius 1 is 1.65 bits per heavy atom. The van der Waals surface area contributed by atoms with Crippen LogP contribution in [0.1, 0.15) is 11.7 Å². The molecule has 0 saturated heterocycles. The molecule has 0 aliphatic heterocycles. The van der Waals surface area contributed by atoms with Crippen LogP contribution in [0.2, 0.25) is 0 Å². The third kappa shape index (κ3) is 2.22. The number of nitrogens with zero attached hydrogens (tertiary/aromatic N) is 5. The predicted octanol–water partition coefficient (Wildman–Crippen LogP) is 0.632. The fourth-order valence-corrected chi connectivity index (χ4v) is 1.33. The fourth-order valence-electron chi connectivity index (χ4n) is 1.33. The maximum atomic E-state index is 10.7. The lowest BCUT2D eigenvalue weighted by atomic mass is 10.5. The summed E-state index contributed by atoms with van der Waals surface area (Å²) in [4.78, 5) is 17.8. The Morgan fingerprint density at radius 2 is 2.41 bits per heavy atom. The van der Waals surface area contributed by atoms with Crippen LogP contribution in [-0.4, -0.2) is 24.6 Å². The zero-order valence-electron chi connectivity index (χ0n) is 9.25. The molecular formula is C8H10N6O3. The predicted molar refractivity (Wildman–Crippen MR) is 56.2 cm³/mol. The van der Waals surface area contributed by atoms with Crippen molar-refractivity contribution in [3.63, 3.8) is 0 Å². The Morgan fingerprint density at radius 3 is 3.00 bits per heavy atom. The van der Waals surface area contributed by atoms with Gasteiger partial charge in [0.2, 0.25) is 18.0 Å². The molecule has 2 heterocycles. The van der Waals surface area contributed by atoms with Gasteiger partial charge in [0.15, 0.2) is 5.82 Å². The van der Waals surface area contributed by atoms with E-state index in [4.69, 9.17) is 4.52 Å². The second-order valence-corrected chi connectivity index (χ2v) is 3.37. The van der Waals surface area contributed by atoms with Gasteiger partial charge in [-0.1, -0.05) is 5.16 Å². The van der Waals surface area contributed by atoms with E-state index in [1.807, 2.05) is 0 Å². The molecule has 0 saturated carbocycles. The molecule has 1 N–H and O–H groups in total. The van der Waals surface area contributed by atoms with Crippen molar-refractivity contribution in [2.45, 2.75) is 13.5 Å². The molecule has 0 radical (unpaired) electrons. The molecule has 0 bridgehead atoms. The summed E-state index contributed by atoms with van der Waals surface area (Å²) in [5.74, 6) is 0.939. The van der Waals surface area contributed by atoms with Crippen LogP contribution in [0.3, 0.4) is 0 Å². The molecule has 2 aromatic heterocycles. The summed E-state index contributed by atoms with van der Waals surface area (Å²) >= 11 is 0. The molecule has 0 aromatic carbocycles. The van der Waals surface area contributed by atoms with Crippen molar-refractivity contribution in [1.82, 2.24) is 19.7 Å². The molecule has 0 spiro atoms. The number of anilines is 1. The smallest absolute Gasteiger partial charge is 0.358 e. The number of aryl methyl sites for hydroxylation is 2. The van der Waals surface area contributed by atoms with Gasteiger partial charge in [0, 0.05) is 7.05 Å². The lowest BCUT2D eigenvalue weighted by Gasteiger charge is -2.02. The minimum atomic E-state index is -0.554. The van der Waals surface area contributed by atoms with Gasteiger partial charge in [-0.2, -0.15) is 4.98 Å². The van der Waals surface area contributed by atoms with Crippen molar-refractivity contribution in [2.75, 3.05) is 5.32 Å². The Balaban J connectivity index is 2.13. The first-order valence-electron chi connectivity index (χ1n) is 4.76. The van der Waals surface area contributed by atoms with E-state index >= 15 is 0 Å². The highest BCUT2D eigenvalue weighted by atomic mass is 16.6. The summed E-state index contributed by atoms with van der Waals surface area (Å²) in [6.45, 7) is 1.90. The zero-order chi connectivity index (χ0) is 12.4. The number of rotatable bonds is 4. The molecule has 0 fully saturated rings. The highest BCUT2D eigenvalue weighted by Crippen LogP contribution is 2.21. The van der Waals surface area contributed by atoms with E-state index in [0.717, 1.165) is 0 Å². The summed E-state index contributed by atoms with van der Waals surface area (Å²) in [5.41, 5.74) is 0. The van der Waals surface area contributed by atoms with Gasteiger partial charge in [0.25, 0.3) is 0 Å². The number of hydrogen-bond acceptors (Lipinski definition) is 7. The van der Waals surface area contributed by atoms with Gasteiger partial charge in [-0.05, 0) is 16.8 Å². The summed E-state index contributed by atoms with van der Waals surface area (Å²) in [7, 11) is 1.65. The Bertz CT molecular complexity index is 545. The van der Waals surface area contributed by atoms with Gasteiger partial charge in [-0.15, -0.1) is 0 Å². The summed E-state index contributed by atoms with van der Waals surface area (Å²) in [6.07, 6.45) is 1.36. The molecule has 9 nitrogen and oxygen atoms in total. The molecule has 0 amide bonds. The maximum absolute atomic E-state index is 10.7. The van der Waals surface area contributed by atoms with Gasteiger partial charge in [-0.3, -0.25) is 4.57 Å². The second kappa shape index (κ2) is 4.20. The van der Waals surface area contributed by atoms with Crippen LogP contribution >= 0.6 is 0 Å². The molecule has 2 rings (SSSR count). The third-order valence-corrected chi connectivity index (χ3v) is 2.07. The van der Waals surface area contributed by atoms with E-state index < -0.39 is 4.92 Å². The zero-order valence-corrected chi connectivity index (χ0v) is 9.25. The maximum Gasteiger partial charge on any atom is 0.406 e. The minimum absolute atomic E-state index is 0.210. The van der Waals surface area contributed by atoms with Gasteiger partial charge in [-0.25, -0.2) is 0 Å². The van der Waals surface area contributed by atoms with E-state index in [2.05, 4.69) is 20.4 Å². The molecule has 0 aliphatic carbocycles. The summed E-state index contributed by atoms with van der Waals surface area (Å²) < 4.78 is 6.39. The largest absolute Gasteiger partial charge is 0.406 e. The first-order chi connectivity index (χ1) is 8.08. The first kappa shape index (κ1) is 11.0. The average molecular weight is 238 g/mol. The molecule has 9 heteroatoms. The van der Waals surface area contributed by atoms with E-state index in [1.54, 1.807) is 14.0 Å². The quantitative estimate of drug-likeness (QED) is 0.614. The molecule has 0 atom stereocenters. The lowest BCUT2D eigenvalue weighted by Crippen LogP contribution is -2.06. The van der Waals surface area contributed by atoms with Crippen molar-refractivity contribution in [1.29, 1.82) is 0 Å². The monoisotopic (exact) mass is 238 g/mol. The van der Waals surface area contributed by atoms with Crippen molar-refractivity contribution < 1.29 is 9.45 Å². The van der Waals surface area contributed by atoms with E-state index in [9.17, 15) is 10.1 Å². The number of nitrogens with one attached hydrogen (secondary N) is 1. The fraction of sp³-hybridized carbons (Fsp3) is 0.375. The van der Waals surface area contributed by atoms with Gasteiger partial charge >= 0.3 is 5.82 Å². The highest BCUT2D eigenvalue weighted by Gasteiger charge is 2.20. The Labute approximate surface area is 95.6 Å². The molecule has 17 heavy (non-hydrogen) atoms. The molecule has 2 aromatic rings. The third-order valence-electron chi connectivity index (χ3n) is 2.07. The van der Waals surface area contributed by atoms with Gasteiger partial charge in [0.05, 0.1) is 6.54 Å². The molecule has 90 valence electrons. The molecule has 0 aliphatic rings.